The van der Waals surface area contributed by atoms with E-state index in [0.29, 0.717) is 11.9 Å². The van der Waals surface area contributed by atoms with E-state index >= 15 is 0 Å². The third-order valence-electron chi connectivity index (χ3n) is 4.74. The van der Waals surface area contributed by atoms with Crippen LogP contribution >= 0.6 is 0 Å². The van der Waals surface area contributed by atoms with Crippen molar-refractivity contribution in [2.45, 2.75) is 51.7 Å². The Balaban J connectivity index is 1.92. The summed E-state index contributed by atoms with van der Waals surface area (Å²) in [4.78, 5) is 21.6. The highest BCUT2D eigenvalue weighted by Gasteiger charge is 2.56. The molecule has 1 saturated carbocycles. The topological polar surface area (TPSA) is 67.3 Å². The highest BCUT2D eigenvalue weighted by Crippen LogP contribution is 2.41. The van der Waals surface area contributed by atoms with E-state index in [4.69, 9.17) is 4.74 Å². The Kier molecular flexibility index (Phi) is 3.27. The van der Waals surface area contributed by atoms with Crippen LogP contribution in [0.4, 0.5) is 21.0 Å². The molecule has 22 heavy (non-hydrogen) atoms. The highest BCUT2D eigenvalue weighted by molar-refractivity contribution is 5.91. The first kappa shape index (κ1) is 15.0. The van der Waals surface area contributed by atoms with Crippen molar-refractivity contribution in [3.8, 4) is 0 Å². The van der Waals surface area contributed by atoms with Crippen molar-refractivity contribution in [3.63, 3.8) is 0 Å². The van der Waals surface area contributed by atoms with Gasteiger partial charge >= 0.3 is 6.09 Å². The van der Waals surface area contributed by atoms with Crippen LogP contribution in [-0.2, 0) is 4.74 Å². The molecule has 1 aliphatic carbocycles. The predicted octanol–water partition coefficient (Wildman–Crippen LogP) is 2.95. The van der Waals surface area contributed by atoms with E-state index in [9.17, 15) is 9.18 Å². The van der Waals surface area contributed by atoms with E-state index in [1.165, 1.54) is 17.7 Å². The van der Waals surface area contributed by atoms with Crippen molar-refractivity contribution in [1.29, 1.82) is 0 Å². The van der Waals surface area contributed by atoms with Crippen molar-refractivity contribution in [2.75, 3.05) is 16.8 Å². The lowest BCUT2D eigenvalue weighted by Crippen LogP contribution is -2.51. The minimum absolute atomic E-state index is 0.0473. The number of nitrogens with one attached hydrogen (secondary N) is 1. The van der Waals surface area contributed by atoms with E-state index in [0.717, 1.165) is 12.7 Å². The summed E-state index contributed by atoms with van der Waals surface area (Å²) in [7, 11) is 0. The first-order valence-corrected chi connectivity index (χ1v) is 7.52. The lowest BCUT2D eigenvalue weighted by Gasteiger charge is -2.36. The number of nitrogens with zero attached hydrogens (tertiary/aromatic N) is 3. The molecule has 1 aromatic heterocycles. The van der Waals surface area contributed by atoms with E-state index < -0.39 is 23.1 Å². The molecule has 1 saturated heterocycles. The van der Waals surface area contributed by atoms with Crippen LogP contribution in [0.3, 0.4) is 0 Å². The minimum Gasteiger partial charge on any atom is -0.441 e. The molecule has 7 heteroatoms. The molecule has 1 aromatic rings. The largest absolute Gasteiger partial charge is 0.441 e. The molecule has 120 valence electrons. The third kappa shape index (κ3) is 2.38. The van der Waals surface area contributed by atoms with E-state index in [-0.39, 0.29) is 5.82 Å². The maximum Gasteiger partial charge on any atom is 0.416 e. The summed E-state index contributed by atoms with van der Waals surface area (Å²) < 4.78 is 19.6. The van der Waals surface area contributed by atoms with Crippen molar-refractivity contribution >= 4 is 17.9 Å². The smallest absolute Gasteiger partial charge is 0.416 e. The molecule has 0 atom stereocenters. The van der Waals surface area contributed by atoms with Crippen LogP contribution in [0.5, 0.6) is 0 Å². The van der Waals surface area contributed by atoms with Gasteiger partial charge < -0.3 is 10.1 Å². The molecule has 2 heterocycles. The number of rotatable bonds is 4. The fraction of sp³-hybridized carbons (Fsp3) is 0.667. The zero-order valence-corrected chi connectivity index (χ0v) is 13.3. The van der Waals surface area contributed by atoms with Crippen LogP contribution < -0.4 is 10.2 Å². The lowest BCUT2D eigenvalue weighted by atomic mass is 9.85. The van der Waals surface area contributed by atoms with Crippen molar-refractivity contribution in [1.82, 2.24) is 9.97 Å². The zero-order valence-electron chi connectivity index (χ0n) is 13.3. The number of ether oxygens (including phenoxy) is 1. The van der Waals surface area contributed by atoms with Gasteiger partial charge in [-0.15, -0.1) is 0 Å². The maximum absolute atomic E-state index is 14.2. The van der Waals surface area contributed by atoms with Gasteiger partial charge in [0.15, 0.2) is 11.6 Å². The Morgan fingerprint density at radius 1 is 1.41 bits per heavy atom. The molecule has 0 radical (unpaired) electrons. The van der Waals surface area contributed by atoms with Gasteiger partial charge in [0, 0.05) is 6.54 Å². The van der Waals surface area contributed by atoms with Crippen LogP contribution in [0.15, 0.2) is 6.20 Å². The Hall–Kier alpha value is -1.92. The molecule has 1 amide bonds. The number of anilines is 2. The van der Waals surface area contributed by atoms with Crippen molar-refractivity contribution < 1.29 is 13.9 Å². The fourth-order valence-electron chi connectivity index (χ4n) is 2.40. The van der Waals surface area contributed by atoms with Crippen molar-refractivity contribution in [2.24, 2.45) is 5.92 Å². The van der Waals surface area contributed by atoms with Gasteiger partial charge in [0.2, 0.25) is 5.95 Å². The van der Waals surface area contributed by atoms with Gasteiger partial charge in [-0.3, -0.25) is 0 Å². The van der Waals surface area contributed by atoms with Crippen LogP contribution in [-0.4, -0.2) is 33.7 Å². The molecule has 0 spiro atoms. The molecule has 1 aliphatic heterocycles. The molecule has 3 rings (SSSR count). The number of halogens is 1. The molecule has 2 aliphatic rings. The van der Waals surface area contributed by atoms with E-state index in [2.05, 4.69) is 15.3 Å². The maximum atomic E-state index is 14.2. The highest BCUT2D eigenvalue weighted by atomic mass is 19.1. The van der Waals surface area contributed by atoms with Crippen LogP contribution in [0.1, 0.15) is 40.5 Å². The first-order valence-electron chi connectivity index (χ1n) is 7.52. The molecule has 6 nitrogen and oxygen atoms in total. The summed E-state index contributed by atoms with van der Waals surface area (Å²) in [5.74, 6) is 0.286. The van der Waals surface area contributed by atoms with Crippen molar-refractivity contribution in [3.05, 3.63) is 12.0 Å². The molecule has 1 N–H and O–H groups in total. The average Bonchev–Trinajstić information content (AvgIpc) is 3.19. The monoisotopic (exact) mass is 308 g/mol. The average molecular weight is 308 g/mol. The summed E-state index contributed by atoms with van der Waals surface area (Å²) in [5.41, 5.74) is -1.48. The van der Waals surface area contributed by atoms with Gasteiger partial charge in [0.1, 0.15) is 5.60 Å². The summed E-state index contributed by atoms with van der Waals surface area (Å²) in [6.45, 7) is 8.03. The normalized spacial score (nSPS) is 22.6. The third-order valence-corrected chi connectivity index (χ3v) is 4.74. The number of hydrogen-bond donors (Lipinski definition) is 1. The van der Waals surface area contributed by atoms with Gasteiger partial charge in [-0.2, -0.15) is 4.98 Å². The first-order chi connectivity index (χ1) is 10.2. The van der Waals surface area contributed by atoms with Gasteiger partial charge in [-0.05, 0) is 46.5 Å². The zero-order chi connectivity index (χ0) is 16.1. The lowest BCUT2D eigenvalue weighted by molar-refractivity contribution is 0.0458. The molecule has 0 bridgehead atoms. The van der Waals surface area contributed by atoms with Gasteiger partial charge in [0.05, 0.1) is 11.7 Å². The van der Waals surface area contributed by atoms with Gasteiger partial charge in [-0.25, -0.2) is 19.1 Å². The number of carbonyl (C=O) groups is 1. The second-order valence-electron chi connectivity index (χ2n) is 6.96. The minimum atomic E-state index is -0.747. The van der Waals surface area contributed by atoms with E-state index in [1.807, 2.05) is 13.8 Å². The van der Waals surface area contributed by atoms with Gasteiger partial charge in [-0.1, -0.05) is 0 Å². The Labute approximate surface area is 129 Å². The van der Waals surface area contributed by atoms with E-state index in [1.54, 1.807) is 13.8 Å². The van der Waals surface area contributed by atoms with Gasteiger partial charge in [0.25, 0.3) is 0 Å². The molecule has 0 unspecified atom stereocenters. The second kappa shape index (κ2) is 4.79. The number of hydrogen-bond acceptors (Lipinski definition) is 5. The number of amides is 1. The molecule has 0 aromatic carbocycles. The Morgan fingerprint density at radius 3 is 2.64 bits per heavy atom. The quantitative estimate of drug-likeness (QED) is 0.926. The second-order valence-corrected chi connectivity index (χ2v) is 6.96. The number of aromatic nitrogens is 2. The molecular weight excluding hydrogens is 287 g/mol. The summed E-state index contributed by atoms with van der Waals surface area (Å²) >= 11 is 0. The Morgan fingerprint density at radius 2 is 2.09 bits per heavy atom. The molecule has 2 fully saturated rings. The number of cyclic esters (lactones) is 1. The number of carbonyl (C=O) groups excluding carboxylic acids is 1. The summed E-state index contributed by atoms with van der Waals surface area (Å²) in [6, 6.07) is 0. The Bertz CT molecular complexity index is 614. The fourth-order valence-corrected chi connectivity index (χ4v) is 2.40. The van der Waals surface area contributed by atoms with Crippen LogP contribution in [0.25, 0.3) is 0 Å². The SMILES string of the molecule is CC1(C)OC(=O)N(c2nc(NCC3CC3)ncc2F)C1(C)C. The summed E-state index contributed by atoms with van der Waals surface area (Å²) in [5, 5.41) is 3.09. The van der Waals surface area contributed by atoms with Crippen LogP contribution in [0.2, 0.25) is 0 Å². The molecular formula is C15H21FN4O2. The van der Waals surface area contributed by atoms with Crippen LogP contribution in [0, 0.1) is 11.7 Å². The predicted molar refractivity (Wildman–Crippen MR) is 80.3 cm³/mol. The standard InChI is InChI=1S/C15H21FN4O2/c1-14(2)15(3,4)22-13(21)20(14)11-10(16)8-18-12(19-11)17-7-9-5-6-9/h8-9H,5-7H2,1-4H3,(H,17,18,19). The summed E-state index contributed by atoms with van der Waals surface area (Å²) in [6.07, 6.45) is 2.88.